The topological polar surface area (TPSA) is 47.4 Å². The predicted molar refractivity (Wildman–Crippen MR) is 85.0 cm³/mol. The van der Waals surface area contributed by atoms with Crippen molar-refractivity contribution in [1.29, 1.82) is 0 Å². The molecule has 2 aromatic rings. The number of hydrogen-bond donors (Lipinski definition) is 0. The molecule has 5 heteroatoms. The first-order chi connectivity index (χ1) is 10.6. The summed E-state index contributed by atoms with van der Waals surface area (Å²) in [6.45, 7) is 4.08. The number of benzene rings is 1. The fourth-order valence-electron chi connectivity index (χ4n) is 2.85. The molecule has 1 fully saturated rings. The van der Waals surface area contributed by atoms with E-state index in [-0.39, 0.29) is 5.91 Å². The van der Waals surface area contributed by atoms with Gasteiger partial charge in [0.05, 0.1) is 12.3 Å². The van der Waals surface area contributed by atoms with Gasteiger partial charge in [0.15, 0.2) is 0 Å². The molecule has 1 aromatic carbocycles. The van der Waals surface area contributed by atoms with E-state index in [0.717, 1.165) is 31.0 Å². The van der Waals surface area contributed by atoms with E-state index in [4.69, 9.17) is 4.74 Å². The van der Waals surface area contributed by atoms with Gasteiger partial charge < -0.3 is 9.64 Å². The molecular formula is C17H21N3O2. The minimum atomic E-state index is -0.0128. The van der Waals surface area contributed by atoms with Crippen molar-refractivity contribution in [3.8, 4) is 0 Å². The Morgan fingerprint density at radius 2 is 2.18 bits per heavy atom. The Morgan fingerprint density at radius 1 is 1.41 bits per heavy atom. The van der Waals surface area contributed by atoms with E-state index in [1.54, 1.807) is 4.68 Å². The molecule has 1 atom stereocenters. The average Bonchev–Trinajstić information content (AvgIpc) is 3.14. The minimum Gasteiger partial charge on any atom is -0.381 e. The molecule has 22 heavy (non-hydrogen) atoms. The summed E-state index contributed by atoms with van der Waals surface area (Å²) in [5.41, 5.74) is 2.38. The van der Waals surface area contributed by atoms with Gasteiger partial charge in [-0.1, -0.05) is 18.2 Å². The van der Waals surface area contributed by atoms with Crippen LogP contribution in [0.25, 0.3) is 0 Å². The fourth-order valence-corrected chi connectivity index (χ4v) is 2.85. The molecule has 1 aromatic heterocycles. The van der Waals surface area contributed by atoms with Gasteiger partial charge in [0.25, 0.3) is 5.91 Å². The number of hydrogen-bond acceptors (Lipinski definition) is 3. The molecule has 1 aliphatic rings. The molecule has 5 nitrogen and oxygen atoms in total. The van der Waals surface area contributed by atoms with Gasteiger partial charge in [-0.15, -0.1) is 0 Å². The zero-order valence-corrected chi connectivity index (χ0v) is 13.0. The van der Waals surface area contributed by atoms with Crippen LogP contribution in [0, 0.1) is 12.8 Å². The quantitative estimate of drug-likeness (QED) is 0.871. The second kappa shape index (κ2) is 6.32. The summed E-state index contributed by atoms with van der Waals surface area (Å²) >= 11 is 0. The highest BCUT2D eigenvalue weighted by Gasteiger charge is 2.26. The lowest BCUT2D eigenvalue weighted by Gasteiger charge is -2.25. The van der Waals surface area contributed by atoms with Crippen molar-refractivity contribution in [3.05, 3.63) is 47.8 Å². The maximum Gasteiger partial charge on any atom is 0.276 e. The van der Waals surface area contributed by atoms with E-state index >= 15 is 0 Å². The minimum absolute atomic E-state index is 0.0128. The maximum absolute atomic E-state index is 13.0. The molecule has 1 unspecified atom stereocenters. The molecule has 1 saturated heterocycles. The van der Waals surface area contributed by atoms with E-state index in [9.17, 15) is 4.79 Å². The summed E-state index contributed by atoms with van der Waals surface area (Å²) < 4.78 is 7.10. The Labute approximate surface area is 130 Å². The smallest absolute Gasteiger partial charge is 0.276 e. The third-order valence-electron chi connectivity index (χ3n) is 4.00. The number of anilines is 1. The third kappa shape index (κ3) is 3.04. The third-order valence-corrected chi connectivity index (χ3v) is 4.00. The van der Waals surface area contributed by atoms with Crippen molar-refractivity contribution in [1.82, 2.24) is 9.78 Å². The van der Waals surface area contributed by atoms with E-state index in [0.29, 0.717) is 18.2 Å². The van der Waals surface area contributed by atoms with Crippen molar-refractivity contribution in [3.63, 3.8) is 0 Å². The van der Waals surface area contributed by atoms with Gasteiger partial charge in [0, 0.05) is 31.8 Å². The van der Waals surface area contributed by atoms with Gasteiger partial charge in [0.2, 0.25) is 0 Å². The number of carbonyl (C=O) groups is 1. The van der Waals surface area contributed by atoms with Crippen molar-refractivity contribution in [2.75, 3.05) is 24.7 Å². The van der Waals surface area contributed by atoms with Gasteiger partial charge >= 0.3 is 0 Å². The number of para-hydroxylation sites is 1. The van der Waals surface area contributed by atoms with E-state index in [2.05, 4.69) is 5.10 Å². The summed E-state index contributed by atoms with van der Waals surface area (Å²) in [5, 5.41) is 4.28. The second-order valence-corrected chi connectivity index (χ2v) is 5.78. The van der Waals surface area contributed by atoms with Crippen LogP contribution in [0.4, 0.5) is 5.69 Å². The van der Waals surface area contributed by atoms with Gasteiger partial charge in [0.1, 0.15) is 5.69 Å². The Balaban J connectivity index is 1.90. The molecule has 2 heterocycles. The molecule has 0 saturated carbocycles. The molecule has 0 radical (unpaired) electrons. The highest BCUT2D eigenvalue weighted by atomic mass is 16.5. The van der Waals surface area contributed by atoms with Crippen LogP contribution in [0.1, 0.15) is 22.6 Å². The van der Waals surface area contributed by atoms with E-state index < -0.39 is 0 Å². The van der Waals surface area contributed by atoms with Crippen LogP contribution in [0.2, 0.25) is 0 Å². The van der Waals surface area contributed by atoms with Crippen LogP contribution < -0.4 is 4.90 Å². The fraction of sp³-hybridized carbons (Fsp3) is 0.412. The Morgan fingerprint density at radius 3 is 2.77 bits per heavy atom. The first-order valence-corrected chi connectivity index (χ1v) is 7.60. The van der Waals surface area contributed by atoms with Gasteiger partial charge in [-0.3, -0.25) is 9.48 Å². The van der Waals surface area contributed by atoms with E-state index in [1.165, 1.54) is 0 Å². The Bertz CT molecular complexity index is 645. The number of aromatic nitrogens is 2. The number of amides is 1. The highest BCUT2D eigenvalue weighted by molar-refractivity contribution is 6.05. The zero-order chi connectivity index (χ0) is 15.5. The van der Waals surface area contributed by atoms with Crippen LogP contribution in [-0.4, -0.2) is 35.4 Å². The van der Waals surface area contributed by atoms with Crippen LogP contribution >= 0.6 is 0 Å². The van der Waals surface area contributed by atoms with Crippen LogP contribution in [0.5, 0.6) is 0 Å². The number of carbonyl (C=O) groups excluding carboxylic acids is 1. The van der Waals surface area contributed by atoms with Crippen molar-refractivity contribution < 1.29 is 9.53 Å². The number of nitrogens with zero attached hydrogens (tertiary/aromatic N) is 3. The summed E-state index contributed by atoms with van der Waals surface area (Å²) in [7, 11) is 1.81. The SMILES string of the molecule is Cc1cc(C(=O)N(CC2CCOC2)c2ccccc2)n(C)n1. The normalized spacial score (nSPS) is 17.6. The largest absolute Gasteiger partial charge is 0.381 e. The lowest BCUT2D eigenvalue weighted by molar-refractivity contribution is 0.0972. The average molecular weight is 299 g/mol. The standard InChI is InChI=1S/C17H21N3O2/c1-13-10-16(19(2)18-13)17(21)20(11-14-8-9-22-12-14)15-6-4-3-5-7-15/h3-7,10,14H,8-9,11-12H2,1-2H3. The molecule has 116 valence electrons. The highest BCUT2D eigenvalue weighted by Crippen LogP contribution is 2.22. The summed E-state index contributed by atoms with van der Waals surface area (Å²) in [6, 6.07) is 11.6. The Hall–Kier alpha value is -2.14. The molecular weight excluding hydrogens is 278 g/mol. The molecule has 0 aliphatic carbocycles. The van der Waals surface area contributed by atoms with Crippen LogP contribution in [0.3, 0.4) is 0 Å². The lowest BCUT2D eigenvalue weighted by Crippen LogP contribution is -2.36. The van der Waals surface area contributed by atoms with Gasteiger partial charge in [-0.25, -0.2) is 0 Å². The summed E-state index contributed by atoms with van der Waals surface area (Å²) in [5.74, 6) is 0.375. The summed E-state index contributed by atoms with van der Waals surface area (Å²) in [6.07, 6.45) is 1.00. The number of aryl methyl sites for hydroxylation is 2. The van der Waals surface area contributed by atoms with Crippen molar-refractivity contribution in [2.45, 2.75) is 13.3 Å². The Kier molecular flexibility index (Phi) is 4.24. The van der Waals surface area contributed by atoms with Gasteiger partial charge in [-0.2, -0.15) is 5.10 Å². The van der Waals surface area contributed by atoms with Crippen molar-refractivity contribution >= 4 is 11.6 Å². The first-order valence-electron chi connectivity index (χ1n) is 7.60. The monoisotopic (exact) mass is 299 g/mol. The number of ether oxygens (including phenoxy) is 1. The van der Waals surface area contributed by atoms with E-state index in [1.807, 2.05) is 55.3 Å². The van der Waals surface area contributed by atoms with Gasteiger partial charge in [-0.05, 0) is 31.5 Å². The molecule has 3 rings (SSSR count). The molecule has 0 bridgehead atoms. The molecule has 0 N–H and O–H groups in total. The molecule has 1 aliphatic heterocycles. The zero-order valence-electron chi connectivity index (χ0n) is 13.0. The first kappa shape index (κ1) is 14.8. The second-order valence-electron chi connectivity index (χ2n) is 5.78. The molecule has 0 spiro atoms. The summed E-state index contributed by atoms with van der Waals surface area (Å²) in [4.78, 5) is 14.8. The van der Waals surface area contributed by atoms with Crippen molar-refractivity contribution in [2.24, 2.45) is 13.0 Å². The maximum atomic E-state index is 13.0. The van der Waals surface area contributed by atoms with Crippen LogP contribution in [0.15, 0.2) is 36.4 Å². The molecule has 1 amide bonds. The number of rotatable bonds is 4. The predicted octanol–water partition coefficient (Wildman–Crippen LogP) is 2.41. The lowest BCUT2D eigenvalue weighted by atomic mass is 10.1. The van der Waals surface area contributed by atoms with Crippen LogP contribution in [-0.2, 0) is 11.8 Å².